The van der Waals surface area contributed by atoms with Crippen LogP contribution in [0.15, 0.2) is 60.7 Å². The number of carbonyl (C=O) groups excluding carboxylic acids is 2. The number of hydrogen-bond acceptors (Lipinski definition) is 4. The zero-order valence-corrected chi connectivity index (χ0v) is 16.8. The molecule has 0 spiro atoms. The number of benzene rings is 2. The standard InChI is InChI=1S/C23H22FN3O4/c1-14(28)25-20(12-15-6-9-17(24)10-7-15)22(29)27-21(23(30)31)13-18-11-8-16-4-2-3-5-19(16)26-18/h2-11,20-21H,12-13H2,1H3,(H,25,28)(H,27,29)(H,30,31)/t20-,21+/m1/s1. The summed E-state index contributed by atoms with van der Waals surface area (Å²) < 4.78 is 13.1. The molecule has 2 aromatic carbocycles. The van der Waals surface area contributed by atoms with E-state index in [1.807, 2.05) is 30.3 Å². The van der Waals surface area contributed by atoms with Gasteiger partial charge in [-0.2, -0.15) is 0 Å². The van der Waals surface area contributed by atoms with E-state index in [9.17, 15) is 23.9 Å². The van der Waals surface area contributed by atoms with E-state index in [-0.39, 0.29) is 12.8 Å². The highest BCUT2D eigenvalue weighted by Gasteiger charge is 2.27. The summed E-state index contributed by atoms with van der Waals surface area (Å²) in [7, 11) is 0. The van der Waals surface area contributed by atoms with Crippen LogP contribution in [0.2, 0.25) is 0 Å². The predicted molar refractivity (Wildman–Crippen MR) is 113 cm³/mol. The molecule has 0 aliphatic heterocycles. The molecule has 0 fully saturated rings. The Hall–Kier alpha value is -3.81. The van der Waals surface area contributed by atoms with Gasteiger partial charge < -0.3 is 15.7 Å². The van der Waals surface area contributed by atoms with Crippen molar-refractivity contribution >= 4 is 28.7 Å². The summed E-state index contributed by atoms with van der Waals surface area (Å²) in [6.45, 7) is 1.26. The van der Waals surface area contributed by atoms with Crippen LogP contribution in [-0.2, 0) is 27.2 Å². The van der Waals surface area contributed by atoms with E-state index in [0.29, 0.717) is 11.3 Å². The molecule has 2 atom stereocenters. The lowest BCUT2D eigenvalue weighted by Crippen LogP contribution is -2.52. The minimum atomic E-state index is -1.23. The summed E-state index contributed by atoms with van der Waals surface area (Å²) in [5.74, 6) is -2.72. The summed E-state index contributed by atoms with van der Waals surface area (Å²) in [5.41, 5.74) is 1.86. The molecule has 0 unspecified atom stereocenters. The molecule has 1 aromatic heterocycles. The zero-order chi connectivity index (χ0) is 22.4. The molecule has 3 aromatic rings. The number of fused-ring (bicyclic) bond motifs is 1. The van der Waals surface area contributed by atoms with E-state index >= 15 is 0 Å². The molecule has 160 valence electrons. The Kier molecular flexibility index (Phi) is 6.92. The fourth-order valence-electron chi connectivity index (χ4n) is 3.21. The SMILES string of the molecule is CC(=O)N[C@H](Cc1ccc(F)cc1)C(=O)N[C@@H](Cc1ccc2ccccc2n1)C(=O)O. The lowest BCUT2D eigenvalue weighted by Gasteiger charge is -2.21. The average molecular weight is 423 g/mol. The highest BCUT2D eigenvalue weighted by Crippen LogP contribution is 2.13. The number of amides is 2. The fourth-order valence-corrected chi connectivity index (χ4v) is 3.21. The number of aromatic nitrogens is 1. The van der Waals surface area contributed by atoms with Crippen LogP contribution < -0.4 is 10.6 Å². The molecule has 0 aliphatic carbocycles. The van der Waals surface area contributed by atoms with Crippen molar-refractivity contribution in [2.24, 2.45) is 0 Å². The number of carbonyl (C=O) groups is 3. The number of aliphatic carboxylic acids is 1. The lowest BCUT2D eigenvalue weighted by molar-refractivity contribution is -0.142. The molecule has 0 aliphatic rings. The number of nitrogens with one attached hydrogen (secondary N) is 2. The summed E-state index contributed by atoms with van der Waals surface area (Å²) in [5, 5.41) is 15.5. The number of halogens is 1. The minimum absolute atomic E-state index is 0.0186. The fraction of sp³-hybridized carbons (Fsp3) is 0.217. The number of para-hydroxylation sites is 1. The third-order valence-corrected chi connectivity index (χ3v) is 4.73. The average Bonchev–Trinajstić information content (AvgIpc) is 2.73. The van der Waals surface area contributed by atoms with Crippen LogP contribution in [0, 0.1) is 5.82 Å². The Morgan fingerprint density at radius 3 is 2.32 bits per heavy atom. The Balaban J connectivity index is 1.74. The molecule has 0 radical (unpaired) electrons. The van der Waals surface area contributed by atoms with E-state index in [0.717, 1.165) is 10.9 Å². The van der Waals surface area contributed by atoms with E-state index in [1.54, 1.807) is 6.07 Å². The third kappa shape index (κ3) is 6.08. The maximum Gasteiger partial charge on any atom is 0.326 e. The van der Waals surface area contributed by atoms with Crippen molar-refractivity contribution in [2.75, 3.05) is 0 Å². The maximum absolute atomic E-state index is 13.1. The van der Waals surface area contributed by atoms with Crippen LogP contribution in [0.3, 0.4) is 0 Å². The largest absolute Gasteiger partial charge is 0.480 e. The molecule has 31 heavy (non-hydrogen) atoms. The molecule has 2 amide bonds. The molecule has 8 heteroatoms. The molecule has 1 heterocycles. The first kappa shape index (κ1) is 21.9. The topological polar surface area (TPSA) is 108 Å². The highest BCUT2D eigenvalue weighted by molar-refractivity contribution is 5.90. The Bertz CT molecular complexity index is 1100. The van der Waals surface area contributed by atoms with Crippen LogP contribution in [0.25, 0.3) is 10.9 Å². The molecular formula is C23H22FN3O4. The Morgan fingerprint density at radius 2 is 1.65 bits per heavy atom. The summed E-state index contributed by atoms with van der Waals surface area (Å²) in [4.78, 5) is 40.6. The second-order valence-corrected chi connectivity index (χ2v) is 7.18. The quantitative estimate of drug-likeness (QED) is 0.515. The van der Waals surface area contributed by atoms with Gasteiger partial charge in [-0.25, -0.2) is 9.18 Å². The van der Waals surface area contributed by atoms with E-state index in [4.69, 9.17) is 0 Å². The maximum atomic E-state index is 13.1. The van der Waals surface area contributed by atoms with Gasteiger partial charge in [0.1, 0.15) is 17.9 Å². The summed E-state index contributed by atoms with van der Waals surface area (Å²) in [6, 6.07) is 14.3. The van der Waals surface area contributed by atoms with Crippen molar-refractivity contribution in [1.29, 1.82) is 0 Å². The van der Waals surface area contributed by atoms with E-state index in [2.05, 4.69) is 15.6 Å². The van der Waals surface area contributed by atoms with Crippen LogP contribution in [-0.4, -0.2) is 40.0 Å². The number of pyridine rings is 1. The van der Waals surface area contributed by atoms with Crippen molar-refractivity contribution in [1.82, 2.24) is 15.6 Å². The number of carboxylic acid groups (broad SMARTS) is 1. The summed E-state index contributed by atoms with van der Waals surface area (Å²) in [6.07, 6.45) is 0.0709. The predicted octanol–water partition coefficient (Wildman–Crippen LogP) is 2.23. The van der Waals surface area contributed by atoms with Crippen molar-refractivity contribution in [2.45, 2.75) is 31.8 Å². The number of carboxylic acids is 1. The Morgan fingerprint density at radius 1 is 0.935 bits per heavy atom. The van der Waals surface area contributed by atoms with Crippen LogP contribution in [0.4, 0.5) is 4.39 Å². The molecule has 3 N–H and O–H groups in total. The molecule has 0 saturated carbocycles. The van der Waals surface area contributed by atoms with Crippen molar-refractivity contribution in [3.63, 3.8) is 0 Å². The first-order valence-corrected chi connectivity index (χ1v) is 9.71. The zero-order valence-electron chi connectivity index (χ0n) is 16.8. The van der Waals surface area contributed by atoms with E-state index in [1.165, 1.54) is 31.2 Å². The van der Waals surface area contributed by atoms with Gasteiger partial charge >= 0.3 is 5.97 Å². The van der Waals surface area contributed by atoms with Crippen molar-refractivity contribution in [3.05, 3.63) is 77.7 Å². The molecule has 0 bridgehead atoms. The van der Waals surface area contributed by atoms with Crippen molar-refractivity contribution < 1.29 is 23.9 Å². The van der Waals surface area contributed by atoms with Gasteiger partial charge in [0, 0.05) is 30.8 Å². The molecule has 3 rings (SSSR count). The minimum Gasteiger partial charge on any atom is -0.480 e. The highest BCUT2D eigenvalue weighted by atomic mass is 19.1. The van der Waals surface area contributed by atoms with Gasteiger partial charge in [-0.05, 0) is 29.8 Å². The molecule has 7 nitrogen and oxygen atoms in total. The van der Waals surface area contributed by atoms with Crippen LogP contribution >= 0.6 is 0 Å². The van der Waals surface area contributed by atoms with Gasteiger partial charge in [-0.3, -0.25) is 14.6 Å². The van der Waals surface area contributed by atoms with Gasteiger partial charge in [0.25, 0.3) is 0 Å². The van der Waals surface area contributed by atoms with E-state index < -0.39 is 35.7 Å². The van der Waals surface area contributed by atoms with Gasteiger partial charge in [0.05, 0.1) is 5.52 Å². The van der Waals surface area contributed by atoms with Gasteiger partial charge in [0.15, 0.2) is 0 Å². The number of hydrogen-bond donors (Lipinski definition) is 3. The van der Waals surface area contributed by atoms with Gasteiger partial charge in [-0.1, -0.05) is 36.4 Å². The Labute approximate surface area is 178 Å². The van der Waals surface area contributed by atoms with Crippen LogP contribution in [0.5, 0.6) is 0 Å². The third-order valence-electron chi connectivity index (χ3n) is 4.73. The van der Waals surface area contributed by atoms with Gasteiger partial charge in [-0.15, -0.1) is 0 Å². The monoisotopic (exact) mass is 423 g/mol. The first-order valence-electron chi connectivity index (χ1n) is 9.71. The second kappa shape index (κ2) is 9.80. The smallest absolute Gasteiger partial charge is 0.326 e. The second-order valence-electron chi connectivity index (χ2n) is 7.18. The van der Waals surface area contributed by atoms with Crippen LogP contribution in [0.1, 0.15) is 18.2 Å². The molecular weight excluding hydrogens is 401 g/mol. The summed E-state index contributed by atoms with van der Waals surface area (Å²) >= 11 is 0. The first-order chi connectivity index (χ1) is 14.8. The number of rotatable bonds is 8. The van der Waals surface area contributed by atoms with Gasteiger partial charge in [0.2, 0.25) is 11.8 Å². The normalized spacial score (nSPS) is 12.7. The number of nitrogens with zero attached hydrogens (tertiary/aromatic N) is 1. The molecule has 0 saturated heterocycles. The van der Waals surface area contributed by atoms with Crippen molar-refractivity contribution in [3.8, 4) is 0 Å². The lowest BCUT2D eigenvalue weighted by atomic mass is 10.0.